The van der Waals surface area contributed by atoms with E-state index in [2.05, 4.69) is 13.8 Å². The molecule has 0 amide bonds. The van der Waals surface area contributed by atoms with Crippen LogP contribution in [-0.4, -0.2) is 0 Å². The number of hydrogen-bond acceptors (Lipinski definition) is 0. The predicted octanol–water partition coefficient (Wildman–Crippen LogP) is 4.29. The van der Waals surface area contributed by atoms with E-state index in [0.717, 1.165) is 30.5 Å². The van der Waals surface area contributed by atoms with Gasteiger partial charge >= 0.3 is 6.18 Å². The van der Waals surface area contributed by atoms with Gasteiger partial charge in [0.15, 0.2) is 0 Å². The SMILES string of the molecule is CC(C)CCc1ccc(C(F)(F)F)cc1. The van der Waals surface area contributed by atoms with Crippen LogP contribution in [0, 0.1) is 5.92 Å². The van der Waals surface area contributed by atoms with Crippen molar-refractivity contribution < 1.29 is 13.2 Å². The minimum atomic E-state index is -4.23. The molecule has 0 fully saturated rings. The van der Waals surface area contributed by atoms with Crippen molar-refractivity contribution in [2.24, 2.45) is 5.92 Å². The van der Waals surface area contributed by atoms with Gasteiger partial charge in [0.2, 0.25) is 0 Å². The lowest BCUT2D eigenvalue weighted by molar-refractivity contribution is -0.137. The molecule has 0 aromatic heterocycles. The minimum absolute atomic E-state index is 0.573. The third-order valence-electron chi connectivity index (χ3n) is 2.29. The Hall–Kier alpha value is -0.990. The maximum Gasteiger partial charge on any atom is 0.416 e. The Morgan fingerprint density at radius 2 is 1.60 bits per heavy atom. The van der Waals surface area contributed by atoms with E-state index in [4.69, 9.17) is 0 Å². The second-order valence-electron chi connectivity index (χ2n) is 4.13. The van der Waals surface area contributed by atoms with Gasteiger partial charge in [0.05, 0.1) is 5.56 Å². The second-order valence-corrected chi connectivity index (χ2v) is 4.13. The topological polar surface area (TPSA) is 0 Å². The molecule has 3 heteroatoms. The molecule has 1 aromatic carbocycles. The van der Waals surface area contributed by atoms with Crippen molar-refractivity contribution in [2.75, 3.05) is 0 Å². The maximum absolute atomic E-state index is 12.2. The molecule has 0 saturated heterocycles. The monoisotopic (exact) mass is 216 g/mol. The van der Waals surface area contributed by atoms with Gasteiger partial charge in [0.1, 0.15) is 0 Å². The Morgan fingerprint density at radius 3 is 2.00 bits per heavy atom. The highest BCUT2D eigenvalue weighted by atomic mass is 19.4. The lowest BCUT2D eigenvalue weighted by Gasteiger charge is -2.08. The molecule has 1 aromatic rings. The number of hydrogen-bond donors (Lipinski definition) is 0. The predicted molar refractivity (Wildman–Crippen MR) is 54.6 cm³/mol. The molecular weight excluding hydrogens is 201 g/mol. The Balaban J connectivity index is 2.65. The summed E-state index contributed by atoms with van der Waals surface area (Å²) in [4.78, 5) is 0. The molecule has 0 bridgehead atoms. The first-order chi connectivity index (χ1) is 6.89. The quantitative estimate of drug-likeness (QED) is 0.706. The van der Waals surface area contributed by atoms with Crippen LogP contribution in [0.15, 0.2) is 24.3 Å². The summed E-state index contributed by atoms with van der Waals surface area (Å²) in [6.07, 6.45) is -2.38. The average Bonchev–Trinajstić information content (AvgIpc) is 2.14. The van der Waals surface area contributed by atoms with Gasteiger partial charge < -0.3 is 0 Å². The number of halogens is 3. The molecule has 1 rings (SSSR count). The van der Waals surface area contributed by atoms with Crippen molar-refractivity contribution in [3.05, 3.63) is 35.4 Å². The third-order valence-corrected chi connectivity index (χ3v) is 2.29. The summed E-state index contributed by atoms with van der Waals surface area (Å²) in [5.41, 5.74) is 0.396. The summed E-state index contributed by atoms with van der Waals surface area (Å²) in [6.45, 7) is 4.20. The highest BCUT2D eigenvalue weighted by Crippen LogP contribution is 2.29. The second kappa shape index (κ2) is 4.69. The van der Waals surface area contributed by atoms with Gasteiger partial charge in [-0.05, 0) is 36.5 Å². The van der Waals surface area contributed by atoms with E-state index in [0.29, 0.717) is 5.92 Å². The molecule has 15 heavy (non-hydrogen) atoms. The Bertz CT molecular complexity index is 296. The zero-order valence-corrected chi connectivity index (χ0v) is 8.93. The van der Waals surface area contributed by atoms with Crippen LogP contribution in [-0.2, 0) is 12.6 Å². The van der Waals surface area contributed by atoms with E-state index < -0.39 is 11.7 Å². The molecule has 0 atom stereocenters. The first kappa shape index (κ1) is 12.1. The Kier molecular flexibility index (Phi) is 3.77. The Morgan fingerprint density at radius 1 is 1.07 bits per heavy atom. The molecule has 0 aliphatic rings. The first-order valence-corrected chi connectivity index (χ1v) is 5.05. The fraction of sp³-hybridized carbons (Fsp3) is 0.500. The smallest absolute Gasteiger partial charge is 0.166 e. The summed E-state index contributed by atoms with van der Waals surface area (Å²) >= 11 is 0. The van der Waals surface area contributed by atoms with Crippen LogP contribution in [0.25, 0.3) is 0 Å². The van der Waals surface area contributed by atoms with Crippen molar-refractivity contribution in [1.29, 1.82) is 0 Å². The third kappa shape index (κ3) is 3.94. The molecule has 0 saturated carbocycles. The molecule has 0 spiro atoms. The molecule has 0 radical (unpaired) electrons. The maximum atomic E-state index is 12.2. The highest BCUT2D eigenvalue weighted by Gasteiger charge is 2.29. The van der Waals surface area contributed by atoms with Crippen LogP contribution in [0.1, 0.15) is 31.4 Å². The lowest BCUT2D eigenvalue weighted by atomic mass is 10.0. The van der Waals surface area contributed by atoms with Gasteiger partial charge in [-0.15, -0.1) is 0 Å². The minimum Gasteiger partial charge on any atom is -0.166 e. The molecule has 0 aliphatic carbocycles. The van der Waals surface area contributed by atoms with Crippen molar-refractivity contribution in [3.8, 4) is 0 Å². The van der Waals surface area contributed by atoms with Crippen molar-refractivity contribution in [3.63, 3.8) is 0 Å². The van der Waals surface area contributed by atoms with Gasteiger partial charge in [-0.3, -0.25) is 0 Å². The van der Waals surface area contributed by atoms with Crippen LogP contribution >= 0.6 is 0 Å². The first-order valence-electron chi connectivity index (χ1n) is 5.05. The van der Waals surface area contributed by atoms with Crippen LogP contribution in [0.5, 0.6) is 0 Å². The zero-order valence-electron chi connectivity index (χ0n) is 8.93. The molecule has 0 aliphatic heterocycles. The largest absolute Gasteiger partial charge is 0.416 e. The highest BCUT2D eigenvalue weighted by molar-refractivity contribution is 5.24. The lowest BCUT2D eigenvalue weighted by Crippen LogP contribution is -2.04. The van der Waals surface area contributed by atoms with Gasteiger partial charge in [-0.1, -0.05) is 26.0 Å². The zero-order chi connectivity index (χ0) is 11.5. The van der Waals surface area contributed by atoms with Crippen molar-refractivity contribution >= 4 is 0 Å². The number of aryl methyl sites for hydroxylation is 1. The van der Waals surface area contributed by atoms with Gasteiger partial charge in [0, 0.05) is 0 Å². The van der Waals surface area contributed by atoms with E-state index in [1.807, 2.05) is 0 Å². The normalized spacial score (nSPS) is 12.1. The van der Waals surface area contributed by atoms with Crippen molar-refractivity contribution in [2.45, 2.75) is 32.9 Å². The van der Waals surface area contributed by atoms with Crippen LogP contribution in [0.3, 0.4) is 0 Å². The summed E-state index contributed by atoms with van der Waals surface area (Å²) < 4.78 is 36.7. The van der Waals surface area contributed by atoms with E-state index in [1.165, 1.54) is 0 Å². The van der Waals surface area contributed by atoms with E-state index >= 15 is 0 Å². The number of benzene rings is 1. The number of alkyl halides is 3. The van der Waals surface area contributed by atoms with Crippen LogP contribution in [0.4, 0.5) is 13.2 Å². The molecule has 84 valence electrons. The summed E-state index contributed by atoms with van der Waals surface area (Å²) in [7, 11) is 0. The van der Waals surface area contributed by atoms with Gasteiger partial charge in [-0.25, -0.2) is 0 Å². The van der Waals surface area contributed by atoms with E-state index in [-0.39, 0.29) is 0 Å². The summed E-state index contributed by atoms with van der Waals surface area (Å²) in [5.74, 6) is 0.576. The van der Waals surface area contributed by atoms with Crippen molar-refractivity contribution in [1.82, 2.24) is 0 Å². The van der Waals surface area contributed by atoms with Gasteiger partial charge in [-0.2, -0.15) is 13.2 Å². The summed E-state index contributed by atoms with van der Waals surface area (Å²) in [5, 5.41) is 0. The fourth-order valence-electron chi connectivity index (χ4n) is 1.32. The summed E-state index contributed by atoms with van der Waals surface area (Å²) in [6, 6.07) is 5.42. The fourth-order valence-corrected chi connectivity index (χ4v) is 1.32. The standard InChI is InChI=1S/C12H15F3/c1-9(2)3-4-10-5-7-11(8-6-10)12(13,14)15/h5-9H,3-4H2,1-2H3. The molecule has 0 N–H and O–H groups in total. The Labute approximate surface area is 88.1 Å². The van der Waals surface area contributed by atoms with Gasteiger partial charge in [0.25, 0.3) is 0 Å². The molecule has 0 unspecified atom stereocenters. The van der Waals surface area contributed by atoms with Crippen LogP contribution in [0.2, 0.25) is 0 Å². The average molecular weight is 216 g/mol. The number of rotatable bonds is 3. The van der Waals surface area contributed by atoms with Crippen LogP contribution < -0.4 is 0 Å². The van der Waals surface area contributed by atoms with E-state index in [1.54, 1.807) is 12.1 Å². The molecule has 0 nitrogen and oxygen atoms in total. The van der Waals surface area contributed by atoms with E-state index in [9.17, 15) is 13.2 Å². The molecular formula is C12H15F3. The molecule has 0 heterocycles.